The van der Waals surface area contributed by atoms with Crippen molar-refractivity contribution in [3.8, 4) is 0 Å². The Labute approximate surface area is 70.3 Å². The van der Waals surface area contributed by atoms with Crippen LogP contribution in [0.1, 0.15) is 30.5 Å². The first-order valence-electron chi connectivity index (χ1n) is 4.24. The maximum atomic E-state index is 2.20. The molecule has 0 aliphatic carbocycles. The maximum absolute atomic E-state index is 2.20. The molecule has 1 aromatic carbocycles. The van der Waals surface area contributed by atoms with Crippen LogP contribution < -0.4 is 0 Å². The Morgan fingerprint density at radius 3 is 1.73 bits per heavy atom. The van der Waals surface area contributed by atoms with Crippen LogP contribution >= 0.6 is 0 Å². The van der Waals surface area contributed by atoms with E-state index >= 15 is 0 Å². The van der Waals surface area contributed by atoms with Crippen LogP contribution in [0, 0.1) is 20.8 Å². The van der Waals surface area contributed by atoms with Crippen LogP contribution in [0.25, 0.3) is 0 Å². The molecule has 0 nitrogen and oxygen atoms in total. The van der Waals surface area contributed by atoms with E-state index in [1.54, 1.807) is 0 Å². The highest BCUT2D eigenvalue weighted by Crippen LogP contribution is 2.07. The van der Waals surface area contributed by atoms with E-state index in [2.05, 4.69) is 39.0 Å². The van der Waals surface area contributed by atoms with Crippen molar-refractivity contribution in [1.29, 1.82) is 0 Å². The molecule has 0 unspecified atom stereocenters. The van der Waals surface area contributed by atoms with Crippen molar-refractivity contribution in [2.75, 3.05) is 0 Å². The summed E-state index contributed by atoms with van der Waals surface area (Å²) in [7, 11) is 0. The summed E-state index contributed by atoms with van der Waals surface area (Å²) in [5.74, 6) is 0. The SMILES string of the molecule is CC.Cc1ccc(C)c(C)c1. The van der Waals surface area contributed by atoms with Gasteiger partial charge in [-0.05, 0) is 31.9 Å². The van der Waals surface area contributed by atoms with Crippen LogP contribution in [0.4, 0.5) is 0 Å². The predicted molar refractivity (Wildman–Crippen MR) is 52.0 cm³/mol. The fourth-order valence-electron chi connectivity index (χ4n) is 0.891. The molecular formula is C11H18. The van der Waals surface area contributed by atoms with Gasteiger partial charge < -0.3 is 0 Å². The molecule has 0 aliphatic rings. The molecule has 0 atom stereocenters. The number of aryl methyl sites for hydroxylation is 3. The molecule has 0 aromatic heterocycles. The molecule has 0 spiro atoms. The smallest absolute Gasteiger partial charge is 0.0395 e. The minimum Gasteiger partial charge on any atom is -0.0683 e. The summed E-state index contributed by atoms with van der Waals surface area (Å²) in [6, 6.07) is 6.50. The van der Waals surface area contributed by atoms with Crippen LogP contribution in [0.5, 0.6) is 0 Å². The Bertz CT molecular complexity index is 211. The van der Waals surface area contributed by atoms with E-state index in [9.17, 15) is 0 Å². The summed E-state index contributed by atoms with van der Waals surface area (Å²) in [6.07, 6.45) is 0. The van der Waals surface area contributed by atoms with Gasteiger partial charge in [0, 0.05) is 0 Å². The second-order valence-electron chi connectivity index (χ2n) is 2.59. The zero-order valence-electron chi connectivity index (χ0n) is 8.23. The Hall–Kier alpha value is -0.780. The molecule has 0 aliphatic heterocycles. The summed E-state index contributed by atoms with van der Waals surface area (Å²) in [4.78, 5) is 0. The molecule has 0 fully saturated rings. The molecule has 62 valence electrons. The highest BCUT2D eigenvalue weighted by molar-refractivity contribution is 5.28. The van der Waals surface area contributed by atoms with E-state index in [4.69, 9.17) is 0 Å². The van der Waals surface area contributed by atoms with Gasteiger partial charge in [0.25, 0.3) is 0 Å². The first-order valence-corrected chi connectivity index (χ1v) is 4.24. The Kier molecular flexibility index (Phi) is 4.60. The molecular weight excluding hydrogens is 132 g/mol. The van der Waals surface area contributed by atoms with Gasteiger partial charge in [-0.3, -0.25) is 0 Å². The number of rotatable bonds is 0. The van der Waals surface area contributed by atoms with Gasteiger partial charge in [-0.2, -0.15) is 0 Å². The molecule has 11 heavy (non-hydrogen) atoms. The Morgan fingerprint density at radius 2 is 1.36 bits per heavy atom. The molecule has 0 N–H and O–H groups in total. The molecule has 0 saturated carbocycles. The second kappa shape index (κ2) is 4.95. The number of hydrogen-bond acceptors (Lipinski definition) is 0. The van der Waals surface area contributed by atoms with Gasteiger partial charge >= 0.3 is 0 Å². The standard InChI is InChI=1S/C9H12.C2H6/c1-7-4-5-8(2)9(3)6-7;1-2/h4-6H,1-3H3;1-2H3. The summed E-state index contributed by atoms with van der Waals surface area (Å²) in [5.41, 5.74) is 4.11. The maximum Gasteiger partial charge on any atom is -0.0395 e. The quantitative estimate of drug-likeness (QED) is 0.529. The van der Waals surface area contributed by atoms with Crippen molar-refractivity contribution in [2.45, 2.75) is 34.6 Å². The third-order valence-electron chi connectivity index (χ3n) is 1.66. The van der Waals surface area contributed by atoms with Crippen molar-refractivity contribution in [1.82, 2.24) is 0 Å². The highest BCUT2D eigenvalue weighted by Gasteiger charge is 1.89. The molecule has 1 rings (SSSR count). The van der Waals surface area contributed by atoms with Gasteiger partial charge in [-0.25, -0.2) is 0 Å². The van der Waals surface area contributed by atoms with Gasteiger partial charge in [0.1, 0.15) is 0 Å². The van der Waals surface area contributed by atoms with E-state index in [1.807, 2.05) is 13.8 Å². The molecule has 0 saturated heterocycles. The lowest BCUT2D eigenvalue weighted by atomic mass is 10.1. The van der Waals surface area contributed by atoms with Crippen LogP contribution in [-0.2, 0) is 0 Å². The summed E-state index contributed by atoms with van der Waals surface area (Å²) in [5, 5.41) is 0. The van der Waals surface area contributed by atoms with Crippen molar-refractivity contribution in [2.24, 2.45) is 0 Å². The average molecular weight is 150 g/mol. The van der Waals surface area contributed by atoms with Crippen LogP contribution in [0.15, 0.2) is 18.2 Å². The first kappa shape index (κ1) is 10.2. The third kappa shape index (κ3) is 3.22. The topological polar surface area (TPSA) is 0 Å². The van der Waals surface area contributed by atoms with E-state index < -0.39 is 0 Å². The van der Waals surface area contributed by atoms with Gasteiger partial charge in [0.15, 0.2) is 0 Å². The predicted octanol–water partition coefficient (Wildman–Crippen LogP) is 3.64. The van der Waals surface area contributed by atoms with Crippen LogP contribution in [-0.4, -0.2) is 0 Å². The lowest BCUT2D eigenvalue weighted by molar-refractivity contribution is 1.30. The normalized spacial score (nSPS) is 8.45. The second-order valence-corrected chi connectivity index (χ2v) is 2.59. The van der Waals surface area contributed by atoms with E-state index in [-0.39, 0.29) is 0 Å². The minimum atomic E-state index is 1.35. The zero-order valence-corrected chi connectivity index (χ0v) is 8.23. The van der Waals surface area contributed by atoms with Crippen LogP contribution in [0.2, 0.25) is 0 Å². The molecule has 0 heterocycles. The van der Waals surface area contributed by atoms with E-state index in [0.717, 1.165) is 0 Å². The average Bonchev–Trinajstić information content (AvgIpc) is 2.02. The fourth-order valence-corrected chi connectivity index (χ4v) is 0.891. The van der Waals surface area contributed by atoms with E-state index in [0.29, 0.717) is 0 Å². The monoisotopic (exact) mass is 150 g/mol. The van der Waals surface area contributed by atoms with Crippen LogP contribution in [0.3, 0.4) is 0 Å². The molecule has 1 aromatic rings. The molecule has 0 amide bonds. The lowest BCUT2D eigenvalue weighted by Gasteiger charge is -1.98. The third-order valence-corrected chi connectivity index (χ3v) is 1.66. The van der Waals surface area contributed by atoms with Crippen molar-refractivity contribution < 1.29 is 0 Å². The first-order chi connectivity index (χ1) is 5.20. The van der Waals surface area contributed by atoms with Crippen molar-refractivity contribution >= 4 is 0 Å². The Balaban J connectivity index is 0.000000461. The zero-order chi connectivity index (χ0) is 8.85. The molecule has 0 bridgehead atoms. The summed E-state index contributed by atoms with van der Waals surface area (Å²) >= 11 is 0. The van der Waals surface area contributed by atoms with E-state index in [1.165, 1.54) is 16.7 Å². The lowest BCUT2D eigenvalue weighted by Crippen LogP contribution is -1.79. The largest absolute Gasteiger partial charge is 0.0683 e. The summed E-state index contributed by atoms with van der Waals surface area (Å²) in [6.45, 7) is 10.4. The Morgan fingerprint density at radius 1 is 0.818 bits per heavy atom. The van der Waals surface area contributed by atoms with Crippen molar-refractivity contribution in [3.63, 3.8) is 0 Å². The van der Waals surface area contributed by atoms with Crippen molar-refractivity contribution in [3.05, 3.63) is 34.9 Å². The number of benzene rings is 1. The van der Waals surface area contributed by atoms with Gasteiger partial charge in [-0.1, -0.05) is 37.6 Å². The molecule has 0 heteroatoms. The number of hydrogen-bond donors (Lipinski definition) is 0. The minimum absolute atomic E-state index is 1.35. The highest BCUT2D eigenvalue weighted by atomic mass is 13.9. The van der Waals surface area contributed by atoms with Gasteiger partial charge in [-0.15, -0.1) is 0 Å². The summed E-state index contributed by atoms with van der Waals surface area (Å²) < 4.78 is 0. The fraction of sp³-hybridized carbons (Fsp3) is 0.455. The molecule has 0 radical (unpaired) electrons. The van der Waals surface area contributed by atoms with Gasteiger partial charge in [0.2, 0.25) is 0 Å². The van der Waals surface area contributed by atoms with Gasteiger partial charge in [0.05, 0.1) is 0 Å².